The van der Waals surface area contributed by atoms with Crippen molar-refractivity contribution in [2.24, 2.45) is 0 Å². The fraction of sp³-hybridized carbons (Fsp3) is 0.261. The summed E-state index contributed by atoms with van der Waals surface area (Å²) >= 11 is 0. The highest BCUT2D eigenvalue weighted by Crippen LogP contribution is 2.42. The molecule has 0 saturated carbocycles. The van der Waals surface area contributed by atoms with Crippen LogP contribution in [0.5, 0.6) is 23.0 Å². The number of ketones is 1. The Labute approximate surface area is 190 Å². The van der Waals surface area contributed by atoms with Crippen LogP contribution in [0.4, 0.5) is 26.3 Å². The van der Waals surface area contributed by atoms with E-state index in [-0.39, 0.29) is 17.6 Å². The van der Waals surface area contributed by atoms with Crippen molar-refractivity contribution in [2.45, 2.75) is 25.7 Å². The van der Waals surface area contributed by atoms with Gasteiger partial charge in [0.2, 0.25) is 0 Å². The number of halogens is 6. The molecule has 2 aromatic carbocycles. The molecular weight excluding hydrogens is 470 g/mol. The lowest BCUT2D eigenvalue weighted by molar-refractivity contribution is -0.112. The third-order valence-corrected chi connectivity index (χ3v) is 4.78. The maximum atomic E-state index is 14.0. The number of allylic oxidation sites excluding steroid dienone is 4. The number of rotatable bonds is 7. The van der Waals surface area contributed by atoms with Crippen LogP contribution < -0.4 is 9.47 Å². The average Bonchev–Trinajstić information content (AvgIpc) is 2.75. The van der Waals surface area contributed by atoms with E-state index < -0.39 is 63.9 Å². The van der Waals surface area contributed by atoms with Crippen LogP contribution in [-0.2, 0) is 4.79 Å². The van der Waals surface area contributed by atoms with Crippen LogP contribution in [-0.4, -0.2) is 42.6 Å². The molecule has 0 amide bonds. The maximum Gasteiger partial charge on any atom is 0.417 e. The fourth-order valence-corrected chi connectivity index (χ4v) is 3.21. The summed E-state index contributed by atoms with van der Waals surface area (Å²) in [5.74, 6) is -3.07. The van der Waals surface area contributed by atoms with Gasteiger partial charge in [0, 0.05) is 5.57 Å². The quantitative estimate of drug-likeness (QED) is 0.365. The van der Waals surface area contributed by atoms with Gasteiger partial charge in [-0.15, -0.1) is 0 Å². The highest BCUT2D eigenvalue weighted by molar-refractivity contribution is 6.13. The molecule has 0 heterocycles. The molecule has 0 bridgehead atoms. The predicted octanol–water partition coefficient (Wildman–Crippen LogP) is 6.06. The molecule has 0 spiro atoms. The summed E-state index contributed by atoms with van der Waals surface area (Å²) in [7, 11) is 2.20. The lowest BCUT2D eigenvalue weighted by Crippen LogP contribution is -2.18. The highest BCUT2D eigenvalue weighted by atomic mass is 19.4. The van der Waals surface area contributed by atoms with Gasteiger partial charge in [-0.25, -0.2) is 0 Å². The van der Waals surface area contributed by atoms with E-state index in [9.17, 15) is 41.4 Å². The van der Waals surface area contributed by atoms with Crippen molar-refractivity contribution in [1.29, 1.82) is 0 Å². The molecule has 34 heavy (non-hydrogen) atoms. The van der Waals surface area contributed by atoms with Crippen molar-refractivity contribution in [2.75, 3.05) is 14.2 Å². The number of hydrogen-bond acceptors (Lipinski definition) is 5. The molecule has 2 N–H and O–H groups in total. The number of phenolic OH excluding ortho intramolecular Hbond substituents is 2. The van der Waals surface area contributed by atoms with Crippen molar-refractivity contribution in [3.8, 4) is 23.0 Å². The van der Waals surface area contributed by atoms with Gasteiger partial charge in [-0.1, -0.05) is 19.1 Å². The molecule has 0 saturated heterocycles. The van der Waals surface area contributed by atoms with Gasteiger partial charge < -0.3 is 19.7 Å². The zero-order valence-corrected chi connectivity index (χ0v) is 18.1. The second kappa shape index (κ2) is 10.1. The van der Waals surface area contributed by atoms with E-state index in [1.807, 2.05) is 0 Å². The SMILES string of the molecule is CC/C(C(=O)/C=C(/c1ccc(O)c(OC)c1)C(F)(F)F)=C(\c1ccc(O)c(OC)c1)C(F)(F)F. The van der Waals surface area contributed by atoms with E-state index in [0.29, 0.717) is 0 Å². The zero-order chi connectivity index (χ0) is 25.8. The first kappa shape index (κ1) is 26.6. The number of carbonyl (C=O) groups is 1. The smallest absolute Gasteiger partial charge is 0.417 e. The van der Waals surface area contributed by atoms with Crippen molar-refractivity contribution in [1.82, 2.24) is 0 Å². The van der Waals surface area contributed by atoms with Crippen molar-refractivity contribution in [3.05, 3.63) is 59.2 Å². The van der Waals surface area contributed by atoms with Gasteiger partial charge in [0.15, 0.2) is 28.8 Å². The normalized spacial score (nSPS) is 13.4. The summed E-state index contributed by atoms with van der Waals surface area (Å²) in [4.78, 5) is 12.8. The Hall–Kier alpha value is -3.63. The summed E-state index contributed by atoms with van der Waals surface area (Å²) in [6, 6.07) is 5.20. The molecule has 2 rings (SSSR count). The van der Waals surface area contributed by atoms with Crippen LogP contribution in [0.3, 0.4) is 0 Å². The molecule has 184 valence electrons. The Morgan fingerprint density at radius 3 is 1.74 bits per heavy atom. The maximum absolute atomic E-state index is 14.0. The molecule has 5 nitrogen and oxygen atoms in total. The summed E-state index contributed by atoms with van der Waals surface area (Å²) in [5, 5.41) is 19.3. The van der Waals surface area contributed by atoms with E-state index in [0.717, 1.165) is 50.6 Å². The molecule has 0 unspecified atom stereocenters. The minimum absolute atomic E-state index is 0.0774. The molecule has 0 aromatic heterocycles. The molecule has 0 fully saturated rings. The first-order valence-electron chi connectivity index (χ1n) is 9.62. The number of hydrogen-bond donors (Lipinski definition) is 2. The second-order valence-corrected chi connectivity index (χ2v) is 6.90. The Bertz CT molecular complexity index is 1130. The third kappa shape index (κ3) is 5.83. The monoisotopic (exact) mass is 490 g/mol. The van der Waals surface area contributed by atoms with Gasteiger partial charge in [0.05, 0.1) is 25.4 Å². The van der Waals surface area contributed by atoms with Crippen molar-refractivity contribution in [3.63, 3.8) is 0 Å². The summed E-state index contributed by atoms with van der Waals surface area (Å²) in [6.45, 7) is 1.20. The summed E-state index contributed by atoms with van der Waals surface area (Å²) in [5.41, 5.74) is -5.06. The second-order valence-electron chi connectivity index (χ2n) is 6.90. The topological polar surface area (TPSA) is 76.0 Å². The van der Waals surface area contributed by atoms with E-state index in [2.05, 4.69) is 0 Å². The molecule has 0 atom stereocenters. The lowest BCUT2D eigenvalue weighted by atomic mass is 9.92. The van der Waals surface area contributed by atoms with Gasteiger partial charge in [0.25, 0.3) is 0 Å². The number of ether oxygens (including phenoxy) is 2. The number of aromatic hydroxyl groups is 2. The fourth-order valence-electron chi connectivity index (χ4n) is 3.21. The Morgan fingerprint density at radius 1 is 0.853 bits per heavy atom. The highest BCUT2D eigenvalue weighted by Gasteiger charge is 2.40. The van der Waals surface area contributed by atoms with Crippen LogP contribution in [0.1, 0.15) is 24.5 Å². The van der Waals surface area contributed by atoms with Gasteiger partial charge in [-0.05, 0) is 47.9 Å². The van der Waals surface area contributed by atoms with Gasteiger partial charge in [0.1, 0.15) is 0 Å². The minimum atomic E-state index is -5.11. The van der Waals surface area contributed by atoms with Crippen LogP contribution >= 0.6 is 0 Å². The van der Waals surface area contributed by atoms with Crippen LogP contribution in [0.2, 0.25) is 0 Å². The first-order chi connectivity index (χ1) is 15.7. The van der Waals surface area contributed by atoms with Crippen molar-refractivity contribution < 1.29 is 50.8 Å². The number of methoxy groups -OCH3 is 2. The van der Waals surface area contributed by atoms with Gasteiger partial charge in [-0.3, -0.25) is 4.79 Å². The first-order valence-corrected chi connectivity index (χ1v) is 9.62. The molecular formula is C23H20F6O5. The number of carbonyl (C=O) groups excluding carboxylic acids is 1. The Kier molecular flexibility index (Phi) is 7.91. The Morgan fingerprint density at radius 2 is 1.32 bits per heavy atom. The number of alkyl halides is 6. The summed E-state index contributed by atoms with van der Waals surface area (Å²) in [6.07, 6.45) is -10.7. The molecule has 0 aliphatic rings. The van der Waals surface area contributed by atoms with Crippen molar-refractivity contribution >= 4 is 16.9 Å². The predicted molar refractivity (Wildman–Crippen MR) is 112 cm³/mol. The molecule has 0 aliphatic carbocycles. The summed E-state index contributed by atoms with van der Waals surface area (Å²) < 4.78 is 92.8. The van der Waals surface area contributed by atoms with Crippen LogP contribution in [0.25, 0.3) is 11.1 Å². The zero-order valence-electron chi connectivity index (χ0n) is 18.1. The number of benzene rings is 2. The third-order valence-electron chi connectivity index (χ3n) is 4.78. The van der Waals surface area contributed by atoms with E-state index >= 15 is 0 Å². The molecule has 2 aromatic rings. The average molecular weight is 490 g/mol. The van der Waals surface area contributed by atoms with Crippen LogP contribution in [0, 0.1) is 0 Å². The van der Waals surface area contributed by atoms with Gasteiger partial charge >= 0.3 is 12.4 Å². The molecule has 0 radical (unpaired) electrons. The van der Waals surface area contributed by atoms with E-state index in [1.165, 1.54) is 6.92 Å². The standard InChI is InChI=1S/C23H20F6O5/c1-4-14(21(23(27,28)29)13-6-8-17(31)20(10-13)34-3)18(32)11-15(22(24,25)26)12-5-7-16(30)19(9-12)33-2/h5-11,30-31H,4H2,1-3H3/b15-11-,21-14-. The molecule has 11 heteroatoms. The van der Waals surface area contributed by atoms with Gasteiger partial charge in [-0.2, -0.15) is 26.3 Å². The van der Waals surface area contributed by atoms with E-state index in [4.69, 9.17) is 9.47 Å². The minimum Gasteiger partial charge on any atom is -0.504 e. The largest absolute Gasteiger partial charge is 0.504 e. The number of phenols is 2. The Balaban J connectivity index is 2.77. The lowest BCUT2D eigenvalue weighted by Gasteiger charge is -2.18. The van der Waals surface area contributed by atoms with E-state index in [1.54, 1.807) is 0 Å². The molecule has 0 aliphatic heterocycles. The van der Waals surface area contributed by atoms with Crippen LogP contribution in [0.15, 0.2) is 48.0 Å².